The summed E-state index contributed by atoms with van der Waals surface area (Å²) in [6, 6.07) is 0. The number of hydrogen-bond donors (Lipinski definition) is 2. The van der Waals surface area contributed by atoms with Crippen LogP contribution in [0.25, 0.3) is 0 Å². The molecule has 0 fully saturated rings. The molecule has 1 aromatic rings. The minimum absolute atomic E-state index is 0.699. The molecule has 0 radical (unpaired) electrons. The van der Waals surface area contributed by atoms with E-state index < -0.39 is 0 Å². The van der Waals surface area contributed by atoms with Crippen molar-refractivity contribution in [1.82, 2.24) is 4.98 Å². The highest BCUT2D eigenvalue weighted by Gasteiger charge is 2.00. The SMILES string of the molecule is CSC(C)CCNc1ncc(N)s1. The van der Waals surface area contributed by atoms with Crippen LogP contribution < -0.4 is 11.1 Å². The Hall–Kier alpha value is -0.420. The molecule has 0 aliphatic rings. The van der Waals surface area contributed by atoms with E-state index in [9.17, 15) is 0 Å². The number of nitrogens with one attached hydrogen (secondary N) is 1. The van der Waals surface area contributed by atoms with Crippen molar-refractivity contribution >= 4 is 33.2 Å². The number of nitrogens with two attached hydrogens (primary N) is 1. The third kappa shape index (κ3) is 3.87. The normalized spacial score (nSPS) is 12.8. The molecule has 0 spiro atoms. The van der Waals surface area contributed by atoms with Crippen LogP contribution in [0.15, 0.2) is 6.20 Å². The fourth-order valence-corrected chi connectivity index (χ4v) is 1.83. The molecule has 3 N–H and O–H groups in total. The van der Waals surface area contributed by atoms with E-state index in [-0.39, 0.29) is 0 Å². The lowest BCUT2D eigenvalue weighted by atomic mass is 10.3. The Labute approximate surface area is 87.1 Å². The van der Waals surface area contributed by atoms with Crippen LogP contribution in [0, 0.1) is 0 Å². The van der Waals surface area contributed by atoms with Crippen molar-refractivity contribution in [2.75, 3.05) is 23.9 Å². The summed E-state index contributed by atoms with van der Waals surface area (Å²) < 4.78 is 0. The lowest BCUT2D eigenvalue weighted by Crippen LogP contribution is -2.07. The van der Waals surface area contributed by atoms with Gasteiger partial charge in [-0.25, -0.2) is 4.98 Å². The average molecular weight is 217 g/mol. The van der Waals surface area contributed by atoms with E-state index in [0.29, 0.717) is 5.25 Å². The zero-order valence-electron chi connectivity index (χ0n) is 7.91. The van der Waals surface area contributed by atoms with Crippen LogP contribution in [-0.2, 0) is 0 Å². The second kappa shape index (κ2) is 5.34. The maximum atomic E-state index is 5.55. The molecule has 74 valence electrons. The molecular weight excluding hydrogens is 202 g/mol. The standard InChI is InChI=1S/C8H15N3S2/c1-6(12-2)3-4-10-8-11-5-7(9)13-8/h5-6H,3-4,9H2,1-2H3,(H,10,11). The fourth-order valence-electron chi connectivity index (χ4n) is 0.869. The van der Waals surface area contributed by atoms with E-state index in [1.165, 1.54) is 11.3 Å². The van der Waals surface area contributed by atoms with Crippen LogP contribution in [0.1, 0.15) is 13.3 Å². The summed E-state index contributed by atoms with van der Waals surface area (Å²) in [4.78, 5) is 4.11. The molecule has 0 aliphatic heterocycles. The van der Waals surface area contributed by atoms with Gasteiger partial charge in [0.25, 0.3) is 0 Å². The number of nitrogen functional groups attached to an aromatic ring is 1. The molecule has 0 saturated heterocycles. The van der Waals surface area contributed by atoms with E-state index in [0.717, 1.165) is 23.1 Å². The van der Waals surface area contributed by atoms with Crippen molar-refractivity contribution in [3.05, 3.63) is 6.20 Å². The average Bonchev–Trinajstić information content (AvgIpc) is 2.51. The summed E-state index contributed by atoms with van der Waals surface area (Å²) in [7, 11) is 0. The molecule has 0 aromatic carbocycles. The first-order chi connectivity index (χ1) is 6.22. The third-order valence-corrected chi connectivity index (χ3v) is 3.58. The first kappa shape index (κ1) is 10.7. The van der Waals surface area contributed by atoms with E-state index >= 15 is 0 Å². The summed E-state index contributed by atoms with van der Waals surface area (Å²) in [5, 5.41) is 5.63. The molecule has 0 bridgehead atoms. The van der Waals surface area contributed by atoms with Gasteiger partial charge in [-0.15, -0.1) is 0 Å². The zero-order valence-corrected chi connectivity index (χ0v) is 9.54. The van der Waals surface area contributed by atoms with Gasteiger partial charge in [-0.3, -0.25) is 0 Å². The highest BCUT2D eigenvalue weighted by molar-refractivity contribution is 7.99. The number of nitrogens with zero attached hydrogens (tertiary/aromatic N) is 1. The van der Waals surface area contributed by atoms with Crippen LogP contribution in [0.4, 0.5) is 10.1 Å². The highest BCUT2D eigenvalue weighted by Crippen LogP contribution is 2.19. The number of anilines is 2. The molecule has 1 rings (SSSR count). The maximum Gasteiger partial charge on any atom is 0.184 e. The minimum atomic E-state index is 0.699. The third-order valence-electron chi connectivity index (χ3n) is 1.75. The van der Waals surface area contributed by atoms with Gasteiger partial charge in [0.2, 0.25) is 0 Å². The van der Waals surface area contributed by atoms with Gasteiger partial charge >= 0.3 is 0 Å². The Morgan fingerprint density at radius 1 is 1.77 bits per heavy atom. The summed E-state index contributed by atoms with van der Waals surface area (Å²) in [5.74, 6) is 0. The Bertz CT molecular complexity index is 249. The van der Waals surface area contributed by atoms with Crippen LogP contribution in [-0.4, -0.2) is 23.0 Å². The van der Waals surface area contributed by atoms with Gasteiger partial charge in [-0.2, -0.15) is 11.8 Å². The van der Waals surface area contributed by atoms with E-state index in [2.05, 4.69) is 23.5 Å². The van der Waals surface area contributed by atoms with Crippen molar-refractivity contribution in [2.45, 2.75) is 18.6 Å². The van der Waals surface area contributed by atoms with Crippen LogP contribution in [0.5, 0.6) is 0 Å². The Balaban J connectivity index is 2.20. The predicted octanol–water partition coefficient (Wildman–Crippen LogP) is 2.28. The van der Waals surface area contributed by atoms with Gasteiger partial charge in [0.1, 0.15) is 5.00 Å². The number of thiazole rings is 1. The number of aromatic nitrogens is 1. The second-order valence-electron chi connectivity index (χ2n) is 2.83. The van der Waals surface area contributed by atoms with Gasteiger partial charge in [-0.05, 0) is 12.7 Å². The van der Waals surface area contributed by atoms with Crippen LogP contribution >= 0.6 is 23.1 Å². The number of hydrogen-bond acceptors (Lipinski definition) is 5. The van der Waals surface area contributed by atoms with Gasteiger partial charge in [-0.1, -0.05) is 18.3 Å². The molecule has 0 saturated carbocycles. The van der Waals surface area contributed by atoms with Gasteiger partial charge in [0.15, 0.2) is 5.13 Å². The molecule has 0 amide bonds. The second-order valence-corrected chi connectivity index (χ2v) is 5.17. The van der Waals surface area contributed by atoms with Crippen LogP contribution in [0.2, 0.25) is 0 Å². The molecule has 0 aliphatic carbocycles. The molecule has 1 heterocycles. The topological polar surface area (TPSA) is 50.9 Å². The molecule has 1 aromatic heterocycles. The lowest BCUT2D eigenvalue weighted by Gasteiger charge is -2.07. The summed E-state index contributed by atoms with van der Waals surface area (Å²) >= 11 is 3.38. The first-order valence-corrected chi connectivity index (χ1v) is 6.30. The van der Waals surface area contributed by atoms with Crippen LogP contribution in [0.3, 0.4) is 0 Å². The van der Waals surface area contributed by atoms with Crippen molar-refractivity contribution < 1.29 is 0 Å². The first-order valence-electron chi connectivity index (χ1n) is 4.20. The van der Waals surface area contributed by atoms with Crippen molar-refractivity contribution in [3.8, 4) is 0 Å². The fraction of sp³-hybridized carbons (Fsp3) is 0.625. The zero-order chi connectivity index (χ0) is 9.68. The smallest absolute Gasteiger partial charge is 0.184 e. The van der Waals surface area contributed by atoms with Gasteiger partial charge < -0.3 is 11.1 Å². The Morgan fingerprint density at radius 3 is 3.08 bits per heavy atom. The van der Waals surface area contributed by atoms with E-state index in [1.54, 1.807) is 6.20 Å². The summed E-state index contributed by atoms with van der Waals surface area (Å²) in [6.45, 7) is 3.19. The highest BCUT2D eigenvalue weighted by atomic mass is 32.2. The number of rotatable bonds is 5. The quantitative estimate of drug-likeness (QED) is 0.794. The molecular formula is C8H15N3S2. The van der Waals surface area contributed by atoms with Gasteiger partial charge in [0, 0.05) is 11.8 Å². The minimum Gasteiger partial charge on any atom is -0.389 e. The van der Waals surface area contributed by atoms with E-state index in [1.807, 2.05) is 11.8 Å². The van der Waals surface area contributed by atoms with Crippen molar-refractivity contribution in [3.63, 3.8) is 0 Å². The largest absolute Gasteiger partial charge is 0.389 e. The maximum absolute atomic E-state index is 5.55. The summed E-state index contributed by atoms with van der Waals surface area (Å²) in [5.41, 5.74) is 5.55. The monoisotopic (exact) mass is 217 g/mol. The molecule has 1 unspecified atom stereocenters. The lowest BCUT2D eigenvalue weighted by molar-refractivity contribution is 0.853. The van der Waals surface area contributed by atoms with Crippen molar-refractivity contribution in [1.29, 1.82) is 0 Å². The predicted molar refractivity (Wildman–Crippen MR) is 62.6 cm³/mol. The molecule has 13 heavy (non-hydrogen) atoms. The van der Waals surface area contributed by atoms with Gasteiger partial charge in [0.05, 0.1) is 6.20 Å². The Kier molecular flexibility index (Phi) is 4.38. The Morgan fingerprint density at radius 2 is 2.54 bits per heavy atom. The molecule has 5 heteroatoms. The number of thioether (sulfide) groups is 1. The molecule has 1 atom stereocenters. The van der Waals surface area contributed by atoms with E-state index in [4.69, 9.17) is 5.73 Å². The van der Waals surface area contributed by atoms with Crippen molar-refractivity contribution in [2.24, 2.45) is 0 Å². The molecule has 3 nitrogen and oxygen atoms in total. The summed E-state index contributed by atoms with van der Waals surface area (Å²) in [6.07, 6.45) is 4.97.